The summed E-state index contributed by atoms with van der Waals surface area (Å²) in [5.41, 5.74) is 0.826. The first-order valence-corrected chi connectivity index (χ1v) is 3.62. The third kappa shape index (κ3) is 1.91. The molecule has 0 saturated carbocycles. The molecule has 57 valence electrons. The Kier molecular flexibility index (Phi) is 2.44. The van der Waals surface area contributed by atoms with Gasteiger partial charge in [0.2, 0.25) is 0 Å². The number of amides is 1. The third-order valence-corrected chi connectivity index (χ3v) is 1.69. The van der Waals surface area contributed by atoms with E-state index in [2.05, 4.69) is 12.6 Å². The van der Waals surface area contributed by atoms with Crippen molar-refractivity contribution in [1.29, 1.82) is 0 Å². The smallest absolute Gasteiger partial charge is 0.303 e. The van der Waals surface area contributed by atoms with E-state index >= 15 is 0 Å². The molecule has 0 N–H and O–H groups in total. The van der Waals surface area contributed by atoms with Crippen molar-refractivity contribution in [2.45, 2.75) is 0 Å². The summed E-state index contributed by atoms with van der Waals surface area (Å²) >= 11 is 4.47. The standard InChI is InChI=1S/C8H8NOS/c1-9(8(10)11)7-5-3-2-4-6-7/h2-6H,1H3. The van der Waals surface area contributed by atoms with E-state index in [0.717, 1.165) is 5.69 Å². The molecule has 0 aliphatic rings. The Morgan fingerprint density at radius 2 is 1.91 bits per heavy atom. The highest BCUT2D eigenvalue weighted by Gasteiger charge is 2.04. The number of carbonyl (C=O) groups is 1. The van der Waals surface area contributed by atoms with E-state index in [1.807, 2.05) is 30.3 Å². The number of para-hydroxylation sites is 1. The van der Waals surface area contributed by atoms with E-state index < -0.39 is 0 Å². The Morgan fingerprint density at radius 3 is 2.36 bits per heavy atom. The van der Waals surface area contributed by atoms with Crippen LogP contribution < -0.4 is 4.90 Å². The molecule has 0 bridgehead atoms. The predicted molar refractivity (Wildman–Crippen MR) is 47.8 cm³/mol. The van der Waals surface area contributed by atoms with Crippen molar-refractivity contribution in [3.8, 4) is 0 Å². The van der Waals surface area contributed by atoms with Gasteiger partial charge >= 0.3 is 5.24 Å². The van der Waals surface area contributed by atoms with Crippen LogP contribution in [0.2, 0.25) is 0 Å². The van der Waals surface area contributed by atoms with Gasteiger partial charge in [-0.2, -0.15) is 0 Å². The van der Waals surface area contributed by atoms with Gasteiger partial charge in [0.1, 0.15) is 0 Å². The van der Waals surface area contributed by atoms with Crippen molar-refractivity contribution in [3.63, 3.8) is 0 Å². The van der Waals surface area contributed by atoms with Crippen LogP contribution in [0.3, 0.4) is 0 Å². The normalized spacial score (nSPS) is 9.18. The Hall–Kier alpha value is -1.09. The van der Waals surface area contributed by atoms with Crippen LogP contribution in [0.25, 0.3) is 0 Å². The Morgan fingerprint density at radius 1 is 1.36 bits per heavy atom. The molecule has 0 spiro atoms. The maximum absolute atomic E-state index is 10.7. The first-order chi connectivity index (χ1) is 5.22. The molecule has 0 heterocycles. The summed E-state index contributed by atoms with van der Waals surface area (Å²) in [4.78, 5) is 12.1. The molecule has 0 fully saturated rings. The van der Waals surface area contributed by atoms with Gasteiger partial charge in [-0.3, -0.25) is 4.79 Å². The summed E-state index contributed by atoms with van der Waals surface area (Å²) in [6.07, 6.45) is 0. The number of rotatable bonds is 1. The average molecular weight is 166 g/mol. The lowest BCUT2D eigenvalue weighted by Crippen LogP contribution is -2.19. The first kappa shape index (κ1) is 8.01. The molecular weight excluding hydrogens is 158 g/mol. The second-order valence-electron chi connectivity index (χ2n) is 2.16. The fourth-order valence-corrected chi connectivity index (χ4v) is 0.862. The zero-order chi connectivity index (χ0) is 8.27. The molecule has 11 heavy (non-hydrogen) atoms. The van der Waals surface area contributed by atoms with Crippen molar-refractivity contribution < 1.29 is 4.79 Å². The van der Waals surface area contributed by atoms with Gasteiger partial charge in [0.25, 0.3) is 0 Å². The average Bonchev–Trinajstić information content (AvgIpc) is 2.05. The molecular formula is C8H8NOS. The van der Waals surface area contributed by atoms with Gasteiger partial charge in [-0.25, -0.2) is 0 Å². The minimum atomic E-state index is -0.365. The lowest BCUT2D eigenvalue weighted by Gasteiger charge is -2.11. The van der Waals surface area contributed by atoms with E-state index in [4.69, 9.17) is 0 Å². The summed E-state index contributed by atoms with van der Waals surface area (Å²) in [6.45, 7) is 0. The van der Waals surface area contributed by atoms with Gasteiger partial charge in [0.05, 0.1) is 0 Å². The number of hydrogen-bond acceptors (Lipinski definition) is 1. The number of benzene rings is 1. The van der Waals surface area contributed by atoms with Crippen LogP contribution in [0, 0.1) is 0 Å². The second-order valence-corrected chi connectivity index (χ2v) is 2.51. The fourth-order valence-electron chi connectivity index (χ4n) is 0.757. The van der Waals surface area contributed by atoms with Crippen LogP contribution in [0.5, 0.6) is 0 Å². The highest BCUT2D eigenvalue weighted by molar-refractivity contribution is 7.96. The Balaban J connectivity index is 2.85. The minimum Gasteiger partial charge on any atom is -0.303 e. The monoisotopic (exact) mass is 166 g/mol. The summed E-state index contributed by atoms with van der Waals surface area (Å²) in [5.74, 6) is 0. The van der Waals surface area contributed by atoms with E-state index in [0.29, 0.717) is 0 Å². The van der Waals surface area contributed by atoms with Crippen LogP contribution in [0.4, 0.5) is 10.5 Å². The molecule has 0 aliphatic carbocycles. The van der Waals surface area contributed by atoms with Gasteiger partial charge in [-0.05, 0) is 24.8 Å². The highest BCUT2D eigenvalue weighted by Crippen LogP contribution is 2.11. The summed E-state index contributed by atoms with van der Waals surface area (Å²) in [5, 5.41) is -0.365. The summed E-state index contributed by atoms with van der Waals surface area (Å²) in [7, 11) is 1.66. The van der Waals surface area contributed by atoms with Crippen molar-refractivity contribution in [1.82, 2.24) is 0 Å². The van der Waals surface area contributed by atoms with Gasteiger partial charge in [0, 0.05) is 12.7 Å². The molecule has 2 nitrogen and oxygen atoms in total. The van der Waals surface area contributed by atoms with Crippen LogP contribution in [0.15, 0.2) is 30.3 Å². The molecule has 1 amide bonds. The number of carbonyl (C=O) groups excluding carboxylic acids is 1. The van der Waals surface area contributed by atoms with Crippen molar-refractivity contribution >= 4 is 23.6 Å². The minimum absolute atomic E-state index is 0.365. The summed E-state index contributed by atoms with van der Waals surface area (Å²) < 4.78 is 0. The van der Waals surface area contributed by atoms with Gasteiger partial charge < -0.3 is 4.90 Å². The molecule has 0 saturated heterocycles. The molecule has 0 aliphatic heterocycles. The zero-order valence-corrected chi connectivity index (χ0v) is 6.97. The zero-order valence-electron chi connectivity index (χ0n) is 6.15. The molecule has 0 aromatic heterocycles. The van der Waals surface area contributed by atoms with Crippen LogP contribution >= 0.6 is 12.6 Å². The van der Waals surface area contributed by atoms with E-state index in [-0.39, 0.29) is 5.24 Å². The molecule has 0 atom stereocenters. The van der Waals surface area contributed by atoms with Crippen LogP contribution in [0.1, 0.15) is 0 Å². The molecule has 1 aromatic carbocycles. The van der Waals surface area contributed by atoms with Crippen molar-refractivity contribution in [2.24, 2.45) is 0 Å². The topological polar surface area (TPSA) is 20.3 Å². The van der Waals surface area contributed by atoms with Gasteiger partial charge in [-0.1, -0.05) is 18.2 Å². The van der Waals surface area contributed by atoms with Crippen LogP contribution in [-0.2, 0) is 0 Å². The third-order valence-electron chi connectivity index (χ3n) is 1.42. The lowest BCUT2D eigenvalue weighted by atomic mass is 10.3. The van der Waals surface area contributed by atoms with Gasteiger partial charge in [-0.15, -0.1) is 0 Å². The maximum atomic E-state index is 10.7. The van der Waals surface area contributed by atoms with Crippen molar-refractivity contribution in [2.75, 3.05) is 11.9 Å². The fraction of sp³-hybridized carbons (Fsp3) is 0.125. The largest absolute Gasteiger partial charge is 0.317 e. The predicted octanol–water partition coefficient (Wildman–Crippen LogP) is 2.44. The number of hydrogen-bond donors (Lipinski definition) is 0. The lowest BCUT2D eigenvalue weighted by molar-refractivity contribution is 0.266. The summed E-state index contributed by atoms with van der Waals surface area (Å²) in [6, 6.07) is 9.30. The van der Waals surface area contributed by atoms with Crippen molar-refractivity contribution in [3.05, 3.63) is 30.3 Å². The number of anilines is 1. The first-order valence-electron chi connectivity index (χ1n) is 3.21. The van der Waals surface area contributed by atoms with Gasteiger partial charge in [0.15, 0.2) is 0 Å². The highest BCUT2D eigenvalue weighted by atomic mass is 32.1. The van der Waals surface area contributed by atoms with E-state index in [1.54, 1.807) is 7.05 Å². The molecule has 0 unspecified atom stereocenters. The SMILES string of the molecule is CN(C(=O)[S])c1ccccc1. The Labute approximate surface area is 71.2 Å². The maximum Gasteiger partial charge on any atom is 0.317 e. The molecule has 1 aromatic rings. The molecule has 3 heteroatoms. The van der Waals surface area contributed by atoms with E-state index in [1.165, 1.54) is 4.90 Å². The quantitative estimate of drug-likeness (QED) is 0.627. The van der Waals surface area contributed by atoms with E-state index in [9.17, 15) is 4.79 Å². The number of nitrogens with zero attached hydrogens (tertiary/aromatic N) is 1. The molecule has 1 radical (unpaired) electrons. The van der Waals surface area contributed by atoms with Crippen LogP contribution in [-0.4, -0.2) is 12.3 Å². The second kappa shape index (κ2) is 3.34. The Bertz CT molecular complexity index is 248. The molecule has 1 rings (SSSR count).